The van der Waals surface area contributed by atoms with E-state index in [1.54, 1.807) is 6.92 Å². The minimum Gasteiger partial charge on any atom is -0.310 e. The van der Waals surface area contributed by atoms with Crippen LogP contribution >= 0.6 is 0 Å². The second-order valence-corrected chi connectivity index (χ2v) is 5.68. The first kappa shape index (κ1) is 16.1. The van der Waals surface area contributed by atoms with Crippen molar-refractivity contribution in [3.8, 4) is 0 Å². The summed E-state index contributed by atoms with van der Waals surface area (Å²) in [6.45, 7) is 6.37. The summed E-state index contributed by atoms with van der Waals surface area (Å²) in [5, 5.41) is 3.33. The van der Waals surface area contributed by atoms with E-state index in [2.05, 4.69) is 5.32 Å². The van der Waals surface area contributed by atoms with Crippen LogP contribution in [-0.2, 0) is 6.54 Å². The van der Waals surface area contributed by atoms with E-state index in [0.717, 1.165) is 13.0 Å². The van der Waals surface area contributed by atoms with Gasteiger partial charge in [-0.2, -0.15) is 0 Å². The van der Waals surface area contributed by atoms with E-state index < -0.39 is 11.8 Å². The molecule has 0 fully saturated rings. The highest BCUT2D eigenvalue weighted by atomic mass is 19.3. The minimum atomic E-state index is -2.26. The number of rotatable bonds is 8. The first-order valence-electron chi connectivity index (χ1n) is 7.03. The Hall–Kier alpha value is -0.960. The van der Waals surface area contributed by atoms with Gasteiger partial charge in [-0.1, -0.05) is 50.6 Å². The lowest BCUT2D eigenvalue weighted by atomic mass is 9.80. The predicted octanol–water partition coefficient (Wildman–Crippen LogP) is 4.63. The predicted molar refractivity (Wildman–Crippen MR) is 76.4 cm³/mol. The highest BCUT2D eigenvalue weighted by Crippen LogP contribution is 2.35. The molecule has 0 bridgehead atoms. The Kier molecular flexibility index (Phi) is 6.43. The summed E-state index contributed by atoms with van der Waals surface area (Å²) in [7, 11) is 0. The average molecular weight is 269 g/mol. The molecule has 2 unspecified atom stereocenters. The zero-order valence-corrected chi connectivity index (χ0v) is 12.1. The van der Waals surface area contributed by atoms with Gasteiger partial charge in [0.05, 0.1) is 0 Å². The summed E-state index contributed by atoms with van der Waals surface area (Å²) in [6.07, 6.45) is -0.381. The number of nitrogens with one attached hydrogen (secondary N) is 1. The second-order valence-electron chi connectivity index (χ2n) is 5.68. The van der Waals surface area contributed by atoms with Crippen molar-refractivity contribution >= 4 is 0 Å². The maximum Gasteiger partial charge on any atom is 0.243 e. The average Bonchev–Trinajstić information content (AvgIpc) is 2.37. The van der Waals surface area contributed by atoms with E-state index in [1.165, 1.54) is 5.56 Å². The van der Waals surface area contributed by atoms with Crippen LogP contribution < -0.4 is 5.32 Å². The lowest BCUT2D eigenvalue weighted by Gasteiger charge is -2.31. The molecule has 108 valence electrons. The lowest BCUT2D eigenvalue weighted by molar-refractivity contribution is -0.0109. The topological polar surface area (TPSA) is 12.0 Å². The van der Waals surface area contributed by atoms with Gasteiger partial charge < -0.3 is 5.32 Å². The molecule has 0 aromatic heterocycles. The molecule has 1 aromatic rings. The summed E-state index contributed by atoms with van der Waals surface area (Å²) in [5.41, 5.74) is 0.307. The highest BCUT2D eigenvalue weighted by molar-refractivity contribution is 5.14. The van der Waals surface area contributed by atoms with E-state index in [4.69, 9.17) is 0 Å². The zero-order chi connectivity index (χ0) is 14.3. The van der Waals surface area contributed by atoms with Crippen molar-refractivity contribution in [2.24, 2.45) is 5.41 Å². The van der Waals surface area contributed by atoms with E-state index in [-0.39, 0.29) is 6.04 Å². The molecule has 19 heavy (non-hydrogen) atoms. The maximum atomic E-state index is 13.2. The molecule has 1 nitrogen and oxygen atoms in total. The lowest BCUT2D eigenvalue weighted by Crippen LogP contribution is -2.36. The van der Waals surface area contributed by atoms with Crippen LogP contribution in [0.4, 0.5) is 8.78 Å². The number of benzene rings is 1. The van der Waals surface area contributed by atoms with E-state index >= 15 is 0 Å². The first-order valence-corrected chi connectivity index (χ1v) is 7.03. The van der Waals surface area contributed by atoms with Gasteiger partial charge in [0.15, 0.2) is 0 Å². The molecule has 2 atom stereocenters. The zero-order valence-electron chi connectivity index (χ0n) is 12.1. The molecule has 1 rings (SSSR count). The number of hydrogen-bond donors (Lipinski definition) is 1. The monoisotopic (exact) mass is 269 g/mol. The van der Waals surface area contributed by atoms with Crippen molar-refractivity contribution in [3.63, 3.8) is 0 Å². The Bertz CT molecular complexity index is 353. The van der Waals surface area contributed by atoms with E-state index in [9.17, 15) is 8.78 Å². The number of alkyl halides is 2. The van der Waals surface area contributed by atoms with Crippen LogP contribution in [0.2, 0.25) is 0 Å². The Morgan fingerprint density at radius 1 is 1.21 bits per heavy atom. The standard InChI is InChI=1S/C16H25F2N/c1-4-10-16(3,15(17)18)11-13(2)19-12-14-8-6-5-7-9-14/h5-9,13,15,19H,4,10-12H2,1-3H3. The van der Waals surface area contributed by atoms with Crippen LogP contribution in [0, 0.1) is 5.41 Å². The number of halogens is 2. The Morgan fingerprint density at radius 3 is 2.37 bits per heavy atom. The Labute approximate surface area is 115 Å². The quantitative estimate of drug-likeness (QED) is 0.725. The van der Waals surface area contributed by atoms with Gasteiger partial charge in [-0.3, -0.25) is 0 Å². The fourth-order valence-corrected chi connectivity index (χ4v) is 2.53. The van der Waals surface area contributed by atoms with Gasteiger partial charge in [0.25, 0.3) is 0 Å². The molecule has 0 spiro atoms. The summed E-state index contributed by atoms with van der Waals surface area (Å²) >= 11 is 0. The third-order valence-corrected chi connectivity index (χ3v) is 3.62. The molecule has 1 N–H and O–H groups in total. The molecular formula is C16H25F2N. The molecule has 3 heteroatoms. The first-order chi connectivity index (χ1) is 8.98. The highest BCUT2D eigenvalue weighted by Gasteiger charge is 2.35. The fourth-order valence-electron chi connectivity index (χ4n) is 2.53. The molecule has 0 aliphatic heterocycles. The molecule has 0 aliphatic carbocycles. The largest absolute Gasteiger partial charge is 0.310 e. The SMILES string of the molecule is CCCC(C)(CC(C)NCc1ccccc1)C(F)F. The van der Waals surface area contributed by atoms with Crippen LogP contribution in [0.15, 0.2) is 30.3 Å². The van der Waals surface area contributed by atoms with Gasteiger partial charge in [-0.05, 0) is 25.3 Å². The van der Waals surface area contributed by atoms with Gasteiger partial charge in [0, 0.05) is 18.0 Å². The van der Waals surface area contributed by atoms with Crippen LogP contribution in [0.25, 0.3) is 0 Å². The minimum absolute atomic E-state index is 0.0887. The van der Waals surface area contributed by atoms with Crippen molar-refractivity contribution in [1.29, 1.82) is 0 Å². The molecular weight excluding hydrogens is 244 g/mol. The van der Waals surface area contributed by atoms with Crippen molar-refractivity contribution < 1.29 is 8.78 Å². The normalized spacial score (nSPS) is 16.3. The smallest absolute Gasteiger partial charge is 0.243 e. The van der Waals surface area contributed by atoms with Crippen LogP contribution in [0.5, 0.6) is 0 Å². The number of hydrogen-bond acceptors (Lipinski definition) is 1. The van der Waals surface area contributed by atoms with Crippen LogP contribution in [0.3, 0.4) is 0 Å². The third-order valence-electron chi connectivity index (χ3n) is 3.62. The van der Waals surface area contributed by atoms with Crippen LogP contribution in [-0.4, -0.2) is 12.5 Å². The van der Waals surface area contributed by atoms with E-state index in [0.29, 0.717) is 12.8 Å². The summed E-state index contributed by atoms with van der Waals surface area (Å²) in [5.74, 6) is 0. The van der Waals surface area contributed by atoms with Crippen molar-refractivity contribution in [2.45, 2.75) is 59.0 Å². The fraction of sp³-hybridized carbons (Fsp3) is 0.625. The Balaban J connectivity index is 2.47. The molecule has 0 radical (unpaired) electrons. The van der Waals surface area contributed by atoms with Gasteiger partial charge in [0.1, 0.15) is 0 Å². The summed E-state index contributed by atoms with van der Waals surface area (Å²) < 4.78 is 26.3. The molecule has 0 aliphatic rings. The van der Waals surface area contributed by atoms with Crippen LogP contribution in [0.1, 0.15) is 45.6 Å². The molecule has 0 saturated heterocycles. The molecule has 1 aromatic carbocycles. The van der Waals surface area contributed by atoms with Gasteiger partial charge in [-0.25, -0.2) is 8.78 Å². The summed E-state index contributed by atoms with van der Waals surface area (Å²) in [6, 6.07) is 10.1. The van der Waals surface area contributed by atoms with Gasteiger partial charge in [0.2, 0.25) is 6.43 Å². The molecule has 0 saturated carbocycles. The van der Waals surface area contributed by atoms with Crippen molar-refractivity contribution in [2.75, 3.05) is 0 Å². The molecule has 0 heterocycles. The Morgan fingerprint density at radius 2 is 1.84 bits per heavy atom. The van der Waals surface area contributed by atoms with Crippen molar-refractivity contribution in [3.05, 3.63) is 35.9 Å². The van der Waals surface area contributed by atoms with Crippen molar-refractivity contribution in [1.82, 2.24) is 5.32 Å². The van der Waals surface area contributed by atoms with Gasteiger partial charge >= 0.3 is 0 Å². The summed E-state index contributed by atoms with van der Waals surface area (Å²) in [4.78, 5) is 0. The van der Waals surface area contributed by atoms with E-state index in [1.807, 2.05) is 44.2 Å². The maximum absolute atomic E-state index is 13.2. The van der Waals surface area contributed by atoms with Gasteiger partial charge in [-0.15, -0.1) is 0 Å². The molecule has 0 amide bonds. The second kappa shape index (κ2) is 7.59. The third kappa shape index (κ3) is 5.27.